The molecule has 0 radical (unpaired) electrons. The van der Waals surface area contributed by atoms with E-state index < -0.39 is 0 Å². The molecule has 0 N–H and O–H groups in total. The summed E-state index contributed by atoms with van der Waals surface area (Å²) in [4.78, 5) is 0. The maximum atomic E-state index is 2.49. The first-order valence-electron chi connectivity index (χ1n) is 13.9. The molecule has 10 rings (SSSR count). The summed E-state index contributed by atoms with van der Waals surface area (Å²) in [6, 6.07) is 44.6. The Morgan fingerprint density at radius 1 is 0.400 bits per heavy atom. The standard InChI is InChI=1S/C37H23N3/c1-38-31-18-19-32-35(26-13-6-8-17-30(26)39(32)22-10-3-2-4-11-22)36(31)28-21-34-27(20-33(28)38)25-15-9-14-24-23-12-5-7-16-29(23)40(34)37(24)25/h2-21H,1H3. The predicted molar refractivity (Wildman–Crippen MR) is 169 cm³/mol. The minimum atomic E-state index is 1.19. The molecule has 3 heteroatoms. The van der Waals surface area contributed by atoms with Gasteiger partial charge >= 0.3 is 0 Å². The van der Waals surface area contributed by atoms with Gasteiger partial charge in [0, 0.05) is 66.9 Å². The van der Waals surface area contributed by atoms with E-state index in [0.717, 1.165) is 0 Å². The Labute approximate surface area is 229 Å². The number of para-hydroxylation sites is 4. The van der Waals surface area contributed by atoms with E-state index in [4.69, 9.17) is 0 Å². The molecule has 3 nitrogen and oxygen atoms in total. The summed E-state index contributed by atoms with van der Waals surface area (Å²) >= 11 is 0. The second kappa shape index (κ2) is 7.02. The predicted octanol–water partition coefficient (Wildman–Crippen LogP) is 9.58. The second-order valence-electron chi connectivity index (χ2n) is 11.0. The average molecular weight is 510 g/mol. The fourth-order valence-corrected chi connectivity index (χ4v) is 7.53. The van der Waals surface area contributed by atoms with Gasteiger partial charge in [0.2, 0.25) is 0 Å². The molecule has 40 heavy (non-hydrogen) atoms. The van der Waals surface area contributed by atoms with E-state index in [1.165, 1.54) is 87.4 Å². The van der Waals surface area contributed by atoms with E-state index in [2.05, 4.69) is 142 Å². The van der Waals surface area contributed by atoms with Gasteiger partial charge in [-0.25, -0.2) is 0 Å². The summed E-state index contributed by atoms with van der Waals surface area (Å²) in [5, 5.41) is 10.5. The number of nitrogens with zero attached hydrogens (tertiary/aromatic N) is 3. The fraction of sp³-hybridized carbons (Fsp3) is 0.0270. The Hall–Kier alpha value is -5.28. The van der Waals surface area contributed by atoms with Gasteiger partial charge in [-0.05, 0) is 48.5 Å². The molecule has 0 amide bonds. The lowest BCUT2D eigenvalue weighted by molar-refractivity contribution is 1.02. The van der Waals surface area contributed by atoms with Crippen LogP contribution < -0.4 is 0 Å². The minimum absolute atomic E-state index is 1.19. The molecule has 10 aromatic rings. The molecule has 6 aromatic carbocycles. The van der Waals surface area contributed by atoms with E-state index in [0.29, 0.717) is 0 Å². The van der Waals surface area contributed by atoms with E-state index in [9.17, 15) is 0 Å². The number of aromatic nitrogens is 3. The van der Waals surface area contributed by atoms with Crippen molar-refractivity contribution in [2.24, 2.45) is 7.05 Å². The van der Waals surface area contributed by atoms with Crippen molar-refractivity contribution in [1.82, 2.24) is 13.5 Å². The molecule has 0 aliphatic carbocycles. The van der Waals surface area contributed by atoms with Crippen molar-refractivity contribution >= 4 is 81.7 Å². The minimum Gasteiger partial charge on any atom is -0.344 e. The third kappa shape index (κ3) is 2.30. The number of hydrogen-bond acceptors (Lipinski definition) is 0. The van der Waals surface area contributed by atoms with Crippen LogP contribution in [0.2, 0.25) is 0 Å². The molecule has 0 fully saturated rings. The molecular weight excluding hydrogens is 486 g/mol. The molecule has 0 saturated carbocycles. The lowest BCUT2D eigenvalue weighted by Crippen LogP contribution is -1.93. The van der Waals surface area contributed by atoms with Crippen LogP contribution in [0.3, 0.4) is 0 Å². The van der Waals surface area contributed by atoms with Gasteiger partial charge in [-0.15, -0.1) is 0 Å². The SMILES string of the molecule is Cn1c2cc3c4cccc5c6ccccc6n(c3cc2c2c3c6ccccc6n(-c6ccccc6)c3ccc21)c54. The van der Waals surface area contributed by atoms with Crippen LogP contribution in [0, 0.1) is 0 Å². The molecular formula is C37H23N3. The van der Waals surface area contributed by atoms with Crippen molar-refractivity contribution in [3.8, 4) is 5.69 Å². The first-order valence-corrected chi connectivity index (χ1v) is 13.9. The zero-order valence-electron chi connectivity index (χ0n) is 21.9. The molecule has 186 valence electrons. The van der Waals surface area contributed by atoms with Gasteiger partial charge in [0.15, 0.2) is 0 Å². The smallest absolute Gasteiger partial charge is 0.0620 e. The van der Waals surface area contributed by atoms with Crippen molar-refractivity contribution in [1.29, 1.82) is 0 Å². The van der Waals surface area contributed by atoms with Gasteiger partial charge in [0.1, 0.15) is 0 Å². The van der Waals surface area contributed by atoms with Crippen molar-refractivity contribution in [3.63, 3.8) is 0 Å². The van der Waals surface area contributed by atoms with Crippen LogP contribution >= 0.6 is 0 Å². The van der Waals surface area contributed by atoms with Crippen molar-refractivity contribution in [3.05, 3.63) is 121 Å². The molecule has 4 heterocycles. The van der Waals surface area contributed by atoms with Crippen molar-refractivity contribution in [2.75, 3.05) is 0 Å². The summed E-state index contributed by atoms with van der Waals surface area (Å²) in [6.07, 6.45) is 0. The first-order chi connectivity index (χ1) is 19.8. The van der Waals surface area contributed by atoms with Crippen LogP contribution in [-0.2, 0) is 7.05 Å². The van der Waals surface area contributed by atoms with Crippen LogP contribution in [0.5, 0.6) is 0 Å². The monoisotopic (exact) mass is 509 g/mol. The van der Waals surface area contributed by atoms with Gasteiger partial charge in [-0.2, -0.15) is 0 Å². The van der Waals surface area contributed by atoms with E-state index in [1.54, 1.807) is 0 Å². The maximum Gasteiger partial charge on any atom is 0.0620 e. The highest BCUT2D eigenvalue weighted by atomic mass is 15.0. The van der Waals surface area contributed by atoms with Crippen LogP contribution in [0.25, 0.3) is 87.4 Å². The normalized spacial score (nSPS) is 12.6. The van der Waals surface area contributed by atoms with E-state index >= 15 is 0 Å². The topological polar surface area (TPSA) is 14.3 Å². The summed E-state index contributed by atoms with van der Waals surface area (Å²) in [5.41, 5.74) is 10.1. The van der Waals surface area contributed by atoms with Gasteiger partial charge in [0.05, 0.1) is 27.6 Å². The van der Waals surface area contributed by atoms with Gasteiger partial charge in [-0.3, -0.25) is 0 Å². The molecule has 4 aromatic heterocycles. The second-order valence-corrected chi connectivity index (χ2v) is 11.0. The maximum absolute atomic E-state index is 2.49. The largest absolute Gasteiger partial charge is 0.344 e. The summed E-state index contributed by atoms with van der Waals surface area (Å²) in [6.45, 7) is 0. The Kier molecular flexibility index (Phi) is 3.62. The van der Waals surface area contributed by atoms with Crippen LogP contribution in [0.4, 0.5) is 0 Å². The zero-order chi connectivity index (χ0) is 26.1. The van der Waals surface area contributed by atoms with Crippen LogP contribution in [-0.4, -0.2) is 13.5 Å². The number of rotatable bonds is 1. The van der Waals surface area contributed by atoms with E-state index in [-0.39, 0.29) is 0 Å². The summed E-state index contributed by atoms with van der Waals surface area (Å²) < 4.78 is 7.28. The first kappa shape index (κ1) is 20.7. The molecule has 0 spiro atoms. The molecule has 0 aliphatic heterocycles. The molecule has 0 saturated heterocycles. The molecule has 0 atom stereocenters. The third-order valence-corrected chi connectivity index (χ3v) is 9.16. The Balaban J connectivity index is 1.46. The number of aryl methyl sites for hydroxylation is 1. The Morgan fingerprint density at radius 3 is 1.88 bits per heavy atom. The van der Waals surface area contributed by atoms with Crippen molar-refractivity contribution < 1.29 is 0 Å². The summed E-state index contributed by atoms with van der Waals surface area (Å²) in [7, 11) is 2.21. The van der Waals surface area contributed by atoms with E-state index in [1.807, 2.05) is 0 Å². The van der Waals surface area contributed by atoms with Gasteiger partial charge in [0.25, 0.3) is 0 Å². The number of benzene rings is 6. The van der Waals surface area contributed by atoms with Gasteiger partial charge in [-0.1, -0.05) is 72.8 Å². The summed E-state index contributed by atoms with van der Waals surface area (Å²) in [5.74, 6) is 0. The fourth-order valence-electron chi connectivity index (χ4n) is 7.53. The Bertz CT molecular complexity index is 2650. The average Bonchev–Trinajstić information content (AvgIpc) is 3.71. The zero-order valence-corrected chi connectivity index (χ0v) is 21.9. The quantitative estimate of drug-likeness (QED) is 0.209. The lowest BCUT2D eigenvalue weighted by atomic mass is 10.0. The molecule has 0 unspecified atom stereocenters. The number of hydrogen-bond donors (Lipinski definition) is 0. The van der Waals surface area contributed by atoms with Crippen LogP contribution in [0.1, 0.15) is 0 Å². The number of fused-ring (bicyclic) bond motifs is 13. The molecule has 0 bridgehead atoms. The third-order valence-electron chi connectivity index (χ3n) is 9.16. The molecule has 0 aliphatic rings. The van der Waals surface area contributed by atoms with Crippen molar-refractivity contribution in [2.45, 2.75) is 0 Å². The highest BCUT2D eigenvalue weighted by molar-refractivity contribution is 6.31. The lowest BCUT2D eigenvalue weighted by Gasteiger charge is -2.07. The Morgan fingerprint density at radius 2 is 1.02 bits per heavy atom. The van der Waals surface area contributed by atoms with Crippen LogP contribution in [0.15, 0.2) is 121 Å². The highest BCUT2D eigenvalue weighted by Gasteiger charge is 2.22. The van der Waals surface area contributed by atoms with Gasteiger partial charge < -0.3 is 13.5 Å². The highest BCUT2D eigenvalue weighted by Crippen LogP contribution is 2.44.